The van der Waals surface area contributed by atoms with Crippen LogP contribution in [0.1, 0.15) is 18.4 Å². The fourth-order valence-corrected chi connectivity index (χ4v) is 1.14. The van der Waals surface area contributed by atoms with Gasteiger partial charge in [-0.2, -0.15) is 0 Å². The van der Waals surface area contributed by atoms with Crippen molar-refractivity contribution in [2.75, 3.05) is 0 Å². The van der Waals surface area contributed by atoms with Crippen LogP contribution >= 0.6 is 0 Å². The number of allylic oxidation sites excluding steroid dienone is 1. The maximum atomic E-state index is 8.38. The molecule has 1 heteroatoms. The second-order valence-corrected chi connectivity index (χ2v) is 2.76. The van der Waals surface area contributed by atoms with Gasteiger partial charge < -0.3 is 5.11 Å². The first-order valence-electron chi connectivity index (χ1n) is 4.26. The lowest BCUT2D eigenvalue weighted by Gasteiger charge is -1.97. The van der Waals surface area contributed by atoms with Crippen molar-refractivity contribution in [3.8, 4) is 0 Å². The van der Waals surface area contributed by atoms with Gasteiger partial charge in [0, 0.05) is 0 Å². The Morgan fingerprint density at radius 2 is 1.92 bits per heavy atom. The third kappa shape index (κ3) is 3.24. The van der Waals surface area contributed by atoms with Gasteiger partial charge in [-0.15, -0.1) is 0 Å². The third-order valence-electron chi connectivity index (χ3n) is 1.78. The van der Waals surface area contributed by atoms with E-state index in [-0.39, 0.29) is 0 Å². The van der Waals surface area contributed by atoms with E-state index in [0.29, 0.717) is 0 Å². The number of aliphatic hydroxyl groups is 1. The lowest BCUT2D eigenvalue weighted by Crippen LogP contribution is -1.82. The topological polar surface area (TPSA) is 20.2 Å². The highest BCUT2D eigenvalue weighted by Gasteiger charge is 1.88. The molecule has 0 atom stereocenters. The molecule has 0 saturated heterocycles. The Bertz CT molecular complexity index is 226. The standard InChI is InChI=1S/C11H14O/c12-10-6-2-5-9-11-7-3-1-4-8-11/h1,3-4,6-8,10,12H,2,5,9H2. The SMILES string of the molecule is OC=CCCCc1ccccc1. The fourth-order valence-electron chi connectivity index (χ4n) is 1.14. The van der Waals surface area contributed by atoms with E-state index in [4.69, 9.17) is 5.11 Å². The Balaban J connectivity index is 2.24. The minimum atomic E-state index is 0.950. The first-order valence-corrected chi connectivity index (χ1v) is 4.26. The van der Waals surface area contributed by atoms with Crippen LogP contribution in [0, 0.1) is 0 Å². The Kier molecular flexibility index (Phi) is 4.00. The molecular formula is C11H14O. The van der Waals surface area contributed by atoms with Gasteiger partial charge in [0.05, 0.1) is 6.26 Å². The molecule has 0 heterocycles. The molecule has 0 unspecified atom stereocenters. The van der Waals surface area contributed by atoms with E-state index in [0.717, 1.165) is 25.5 Å². The van der Waals surface area contributed by atoms with Gasteiger partial charge in [-0.1, -0.05) is 36.4 Å². The summed E-state index contributed by atoms with van der Waals surface area (Å²) in [5, 5.41) is 8.38. The van der Waals surface area contributed by atoms with Crippen LogP contribution in [0.25, 0.3) is 0 Å². The molecule has 1 aromatic rings. The highest BCUT2D eigenvalue weighted by atomic mass is 16.2. The molecule has 0 amide bonds. The summed E-state index contributed by atoms with van der Waals surface area (Å²) in [6.07, 6.45) is 6.03. The van der Waals surface area contributed by atoms with Crippen molar-refractivity contribution < 1.29 is 5.11 Å². The van der Waals surface area contributed by atoms with Crippen LogP contribution in [-0.4, -0.2) is 5.11 Å². The quantitative estimate of drug-likeness (QED) is 0.533. The van der Waals surface area contributed by atoms with Gasteiger partial charge in [-0.3, -0.25) is 0 Å². The van der Waals surface area contributed by atoms with Crippen molar-refractivity contribution in [3.63, 3.8) is 0 Å². The van der Waals surface area contributed by atoms with Crippen molar-refractivity contribution in [1.29, 1.82) is 0 Å². The number of unbranched alkanes of at least 4 members (excludes halogenated alkanes) is 1. The van der Waals surface area contributed by atoms with Crippen LogP contribution < -0.4 is 0 Å². The summed E-state index contributed by atoms with van der Waals surface area (Å²) >= 11 is 0. The maximum absolute atomic E-state index is 8.38. The number of aliphatic hydroxyl groups excluding tert-OH is 1. The highest BCUT2D eigenvalue weighted by molar-refractivity contribution is 5.14. The van der Waals surface area contributed by atoms with Crippen molar-refractivity contribution in [3.05, 3.63) is 48.2 Å². The van der Waals surface area contributed by atoms with E-state index in [1.165, 1.54) is 5.56 Å². The lowest BCUT2D eigenvalue weighted by atomic mass is 10.1. The molecule has 0 spiro atoms. The number of benzene rings is 1. The normalized spacial score (nSPS) is 10.7. The Morgan fingerprint density at radius 1 is 1.17 bits per heavy atom. The molecular weight excluding hydrogens is 148 g/mol. The molecule has 0 saturated carbocycles. The number of aryl methyl sites for hydroxylation is 1. The van der Waals surface area contributed by atoms with Crippen LogP contribution in [0.2, 0.25) is 0 Å². The van der Waals surface area contributed by atoms with Crippen molar-refractivity contribution in [2.24, 2.45) is 0 Å². The van der Waals surface area contributed by atoms with Gasteiger partial charge in [-0.25, -0.2) is 0 Å². The number of rotatable bonds is 4. The van der Waals surface area contributed by atoms with E-state index < -0.39 is 0 Å². The molecule has 0 radical (unpaired) electrons. The van der Waals surface area contributed by atoms with Crippen LogP contribution in [-0.2, 0) is 6.42 Å². The third-order valence-corrected chi connectivity index (χ3v) is 1.78. The Morgan fingerprint density at radius 3 is 2.58 bits per heavy atom. The molecule has 1 N–H and O–H groups in total. The summed E-state index contributed by atoms with van der Waals surface area (Å²) in [6, 6.07) is 10.4. The van der Waals surface area contributed by atoms with Crippen molar-refractivity contribution in [1.82, 2.24) is 0 Å². The van der Waals surface area contributed by atoms with Gasteiger partial charge in [0.1, 0.15) is 0 Å². The van der Waals surface area contributed by atoms with Gasteiger partial charge in [0.2, 0.25) is 0 Å². The molecule has 0 aliphatic heterocycles. The summed E-state index contributed by atoms with van der Waals surface area (Å²) in [5.41, 5.74) is 1.36. The zero-order valence-electron chi connectivity index (χ0n) is 7.11. The average Bonchev–Trinajstić information content (AvgIpc) is 2.14. The highest BCUT2D eigenvalue weighted by Crippen LogP contribution is 2.04. The van der Waals surface area contributed by atoms with Gasteiger partial charge in [0.15, 0.2) is 0 Å². The molecule has 0 fully saturated rings. The van der Waals surface area contributed by atoms with Crippen LogP contribution in [0.5, 0.6) is 0 Å². The zero-order valence-corrected chi connectivity index (χ0v) is 7.11. The molecule has 1 aromatic carbocycles. The second-order valence-electron chi connectivity index (χ2n) is 2.76. The molecule has 1 nitrogen and oxygen atoms in total. The Hall–Kier alpha value is -1.24. The van der Waals surface area contributed by atoms with E-state index in [2.05, 4.69) is 24.3 Å². The monoisotopic (exact) mass is 162 g/mol. The average molecular weight is 162 g/mol. The maximum Gasteiger partial charge on any atom is 0.0751 e. The zero-order chi connectivity index (χ0) is 8.65. The first kappa shape index (κ1) is 8.85. The largest absolute Gasteiger partial charge is 0.516 e. The smallest absolute Gasteiger partial charge is 0.0751 e. The minimum absolute atomic E-state index is 0.950. The molecule has 12 heavy (non-hydrogen) atoms. The van der Waals surface area contributed by atoms with Crippen LogP contribution in [0.4, 0.5) is 0 Å². The van der Waals surface area contributed by atoms with E-state index in [1.54, 1.807) is 6.08 Å². The van der Waals surface area contributed by atoms with Crippen molar-refractivity contribution >= 4 is 0 Å². The minimum Gasteiger partial charge on any atom is -0.516 e. The van der Waals surface area contributed by atoms with Crippen LogP contribution in [0.3, 0.4) is 0 Å². The molecule has 1 rings (SSSR count). The number of hydrogen-bond donors (Lipinski definition) is 1. The van der Waals surface area contributed by atoms with Crippen molar-refractivity contribution in [2.45, 2.75) is 19.3 Å². The fraction of sp³-hybridized carbons (Fsp3) is 0.273. The second kappa shape index (κ2) is 5.42. The van der Waals surface area contributed by atoms with Gasteiger partial charge in [-0.05, 0) is 24.8 Å². The lowest BCUT2D eigenvalue weighted by molar-refractivity contribution is 0.470. The predicted octanol–water partition coefficient (Wildman–Crippen LogP) is 3.08. The summed E-state index contributed by atoms with van der Waals surface area (Å²) in [6.45, 7) is 0. The van der Waals surface area contributed by atoms with Gasteiger partial charge >= 0.3 is 0 Å². The van der Waals surface area contributed by atoms with Gasteiger partial charge in [0.25, 0.3) is 0 Å². The number of hydrogen-bond acceptors (Lipinski definition) is 1. The summed E-state index contributed by atoms with van der Waals surface area (Å²) in [7, 11) is 0. The van der Waals surface area contributed by atoms with E-state index >= 15 is 0 Å². The van der Waals surface area contributed by atoms with E-state index in [9.17, 15) is 0 Å². The van der Waals surface area contributed by atoms with E-state index in [1.807, 2.05) is 6.07 Å². The molecule has 0 aromatic heterocycles. The predicted molar refractivity (Wildman–Crippen MR) is 51.1 cm³/mol. The molecule has 0 bridgehead atoms. The molecule has 64 valence electrons. The summed E-state index contributed by atoms with van der Waals surface area (Å²) < 4.78 is 0. The summed E-state index contributed by atoms with van der Waals surface area (Å²) in [4.78, 5) is 0. The Labute approximate surface area is 73.4 Å². The molecule has 0 aliphatic carbocycles. The first-order chi connectivity index (χ1) is 5.93. The molecule has 0 aliphatic rings. The van der Waals surface area contributed by atoms with Crippen LogP contribution in [0.15, 0.2) is 42.7 Å². The summed E-state index contributed by atoms with van der Waals surface area (Å²) in [5.74, 6) is 0.